The van der Waals surface area contributed by atoms with Crippen molar-refractivity contribution in [1.82, 2.24) is 10.2 Å². The Labute approximate surface area is 174 Å². The summed E-state index contributed by atoms with van der Waals surface area (Å²) in [5.74, 6) is -0.886. The van der Waals surface area contributed by atoms with Crippen LogP contribution < -0.4 is 5.32 Å². The van der Waals surface area contributed by atoms with Crippen LogP contribution in [0.2, 0.25) is 5.02 Å². The first kappa shape index (κ1) is 20.6. The highest BCUT2D eigenvalue weighted by atomic mass is 35.5. The highest BCUT2D eigenvalue weighted by molar-refractivity contribution is 8.18. The molecule has 1 aliphatic rings. The van der Waals surface area contributed by atoms with E-state index in [0.717, 1.165) is 22.2 Å². The molecule has 148 valence electrons. The predicted molar refractivity (Wildman–Crippen MR) is 110 cm³/mol. The highest BCUT2D eigenvalue weighted by Crippen LogP contribution is 2.32. The Kier molecular flexibility index (Phi) is 6.30. The summed E-state index contributed by atoms with van der Waals surface area (Å²) < 4.78 is 0. The lowest BCUT2D eigenvalue weighted by Gasteiger charge is -2.13. The van der Waals surface area contributed by atoms with E-state index in [1.807, 2.05) is 0 Å². The molecule has 1 saturated heterocycles. The van der Waals surface area contributed by atoms with Gasteiger partial charge in [0.25, 0.3) is 22.7 Å². The van der Waals surface area contributed by atoms with Crippen LogP contribution in [-0.2, 0) is 4.79 Å². The van der Waals surface area contributed by atoms with Crippen molar-refractivity contribution in [1.29, 1.82) is 0 Å². The van der Waals surface area contributed by atoms with Crippen molar-refractivity contribution in [3.05, 3.63) is 79.7 Å². The topological polar surface area (TPSA) is 110 Å². The summed E-state index contributed by atoms with van der Waals surface area (Å²) in [5, 5.41) is 13.4. The largest absolute Gasteiger partial charge is 0.350 e. The SMILES string of the molecule is O=C(NCCN1C(=O)S/C(=C\c2ccc(Cl)cc2)C1=O)c1ccc([N+](=O)[O-])cc1. The zero-order valence-electron chi connectivity index (χ0n) is 14.8. The molecule has 0 atom stereocenters. The normalized spacial score (nSPS) is 15.1. The van der Waals surface area contributed by atoms with Crippen LogP contribution in [0.5, 0.6) is 0 Å². The van der Waals surface area contributed by atoms with Crippen molar-refractivity contribution < 1.29 is 19.3 Å². The second kappa shape index (κ2) is 8.89. The van der Waals surface area contributed by atoms with Gasteiger partial charge >= 0.3 is 0 Å². The Hall–Kier alpha value is -3.17. The number of amides is 3. The number of thioether (sulfide) groups is 1. The van der Waals surface area contributed by atoms with E-state index in [-0.39, 0.29) is 24.3 Å². The second-order valence-electron chi connectivity index (χ2n) is 5.94. The molecule has 0 radical (unpaired) electrons. The molecule has 1 heterocycles. The molecule has 0 unspecified atom stereocenters. The zero-order valence-corrected chi connectivity index (χ0v) is 16.4. The van der Waals surface area contributed by atoms with Crippen LogP contribution >= 0.6 is 23.4 Å². The fourth-order valence-electron chi connectivity index (χ4n) is 2.52. The number of hydrogen-bond donors (Lipinski definition) is 1. The maximum Gasteiger partial charge on any atom is 0.293 e. The minimum Gasteiger partial charge on any atom is -0.350 e. The van der Waals surface area contributed by atoms with E-state index in [9.17, 15) is 24.5 Å². The van der Waals surface area contributed by atoms with E-state index in [1.54, 1.807) is 30.3 Å². The summed E-state index contributed by atoms with van der Waals surface area (Å²) in [6.07, 6.45) is 1.61. The average Bonchev–Trinajstić information content (AvgIpc) is 2.97. The molecule has 1 N–H and O–H groups in total. The van der Waals surface area contributed by atoms with Crippen molar-refractivity contribution in [2.24, 2.45) is 0 Å². The first-order chi connectivity index (χ1) is 13.8. The van der Waals surface area contributed by atoms with Crippen LogP contribution in [0.15, 0.2) is 53.4 Å². The number of non-ortho nitro benzene ring substituents is 1. The number of nitrogens with one attached hydrogen (secondary N) is 1. The van der Waals surface area contributed by atoms with Crippen molar-refractivity contribution >= 4 is 52.2 Å². The molecule has 1 fully saturated rings. The van der Waals surface area contributed by atoms with Gasteiger partial charge in [0.1, 0.15) is 0 Å². The number of halogens is 1. The van der Waals surface area contributed by atoms with Gasteiger partial charge in [-0.1, -0.05) is 23.7 Å². The number of nitrogens with zero attached hydrogens (tertiary/aromatic N) is 2. The molecule has 0 spiro atoms. The van der Waals surface area contributed by atoms with Gasteiger partial charge in [0.05, 0.1) is 9.83 Å². The van der Waals surface area contributed by atoms with Gasteiger partial charge in [-0.3, -0.25) is 29.4 Å². The summed E-state index contributed by atoms with van der Waals surface area (Å²) >= 11 is 6.66. The molecule has 0 bridgehead atoms. The Bertz CT molecular complexity index is 1010. The van der Waals surface area contributed by atoms with Crippen molar-refractivity contribution in [2.45, 2.75) is 0 Å². The summed E-state index contributed by atoms with van der Waals surface area (Å²) in [7, 11) is 0. The summed E-state index contributed by atoms with van der Waals surface area (Å²) in [6.45, 7) is 0.0728. The van der Waals surface area contributed by atoms with Crippen molar-refractivity contribution in [2.75, 3.05) is 13.1 Å². The monoisotopic (exact) mass is 431 g/mol. The molecular weight excluding hydrogens is 418 g/mol. The van der Waals surface area contributed by atoms with Crippen LogP contribution in [0.25, 0.3) is 6.08 Å². The smallest absolute Gasteiger partial charge is 0.293 e. The molecule has 3 rings (SSSR count). The molecule has 0 saturated carbocycles. The summed E-state index contributed by atoms with van der Waals surface area (Å²) in [4.78, 5) is 48.1. The Balaban J connectivity index is 1.57. The molecule has 8 nitrogen and oxygen atoms in total. The lowest BCUT2D eigenvalue weighted by atomic mass is 10.2. The van der Waals surface area contributed by atoms with E-state index in [1.165, 1.54) is 24.3 Å². The minimum absolute atomic E-state index is 0.0152. The molecule has 1 aliphatic heterocycles. The van der Waals surface area contributed by atoms with Crippen LogP contribution in [0, 0.1) is 10.1 Å². The fraction of sp³-hybridized carbons (Fsp3) is 0.105. The van der Waals surface area contributed by atoms with Gasteiger partial charge in [-0.2, -0.15) is 0 Å². The Morgan fingerprint density at radius 3 is 2.41 bits per heavy atom. The number of carbonyl (C=O) groups is 3. The number of benzene rings is 2. The zero-order chi connectivity index (χ0) is 21.0. The molecule has 29 heavy (non-hydrogen) atoms. The fourth-order valence-corrected chi connectivity index (χ4v) is 3.51. The maximum atomic E-state index is 12.4. The lowest BCUT2D eigenvalue weighted by molar-refractivity contribution is -0.384. The number of carbonyl (C=O) groups excluding carboxylic acids is 3. The Morgan fingerprint density at radius 1 is 1.14 bits per heavy atom. The van der Waals surface area contributed by atoms with Gasteiger partial charge in [0.2, 0.25) is 0 Å². The van der Waals surface area contributed by atoms with Crippen LogP contribution in [0.3, 0.4) is 0 Å². The quantitative estimate of drug-likeness (QED) is 0.424. The molecule has 2 aromatic carbocycles. The van der Waals surface area contributed by atoms with E-state index < -0.39 is 22.0 Å². The number of imide groups is 1. The second-order valence-corrected chi connectivity index (χ2v) is 7.37. The first-order valence-electron chi connectivity index (χ1n) is 8.39. The standard InChI is InChI=1S/C19H14ClN3O5S/c20-14-5-1-12(2-6-14)11-16-18(25)22(19(26)29-16)10-9-21-17(24)13-3-7-15(8-4-13)23(27)28/h1-8,11H,9-10H2,(H,21,24)/b16-11-. The third-order valence-electron chi connectivity index (χ3n) is 4.00. The lowest BCUT2D eigenvalue weighted by Crippen LogP contribution is -2.37. The third-order valence-corrected chi connectivity index (χ3v) is 5.16. The van der Waals surface area contributed by atoms with E-state index >= 15 is 0 Å². The number of nitro groups is 1. The van der Waals surface area contributed by atoms with Gasteiger partial charge < -0.3 is 5.32 Å². The van der Waals surface area contributed by atoms with Gasteiger partial charge in [0, 0.05) is 35.8 Å². The highest BCUT2D eigenvalue weighted by Gasteiger charge is 2.34. The molecule has 2 aromatic rings. The minimum atomic E-state index is -0.556. The molecular formula is C19H14ClN3O5S. The van der Waals surface area contributed by atoms with Crippen molar-refractivity contribution in [3.8, 4) is 0 Å². The van der Waals surface area contributed by atoms with Gasteiger partial charge in [-0.25, -0.2) is 0 Å². The molecule has 0 aliphatic carbocycles. The van der Waals surface area contributed by atoms with Crippen LogP contribution in [0.1, 0.15) is 15.9 Å². The van der Waals surface area contributed by atoms with Gasteiger partial charge in [-0.15, -0.1) is 0 Å². The van der Waals surface area contributed by atoms with Gasteiger partial charge in [0.15, 0.2) is 0 Å². The average molecular weight is 432 g/mol. The molecule has 3 amide bonds. The van der Waals surface area contributed by atoms with Crippen LogP contribution in [0.4, 0.5) is 10.5 Å². The van der Waals surface area contributed by atoms with E-state index in [2.05, 4.69) is 5.32 Å². The maximum absolute atomic E-state index is 12.4. The first-order valence-corrected chi connectivity index (χ1v) is 9.58. The number of hydrogen-bond acceptors (Lipinski definition) is 6. The van der Waals surface area contributed by atoms with E-state index in [0.29, 0.717) is 9.93 Å². The Morgan fingerprint density at radius 2 is 1.79 bits per heavy atom. The summed E-state index contributed by atoms with van der Waals surface area (Å²) in [6, 6.07) is 12.0. The third kappa shape index (κ3) is 5.01. The predicted octanol–water partition coefficient (Wildman–Crippen LogP) is 3.71. The van der Waals surface area contributed by atoms with Crippen molar-refractivity contribution in [3.63, 3.8) is 0 Å². The summed E-state index contributed by atoms with van der Waals surface area (Å²) in [5.41, 5.74) is 0.866. The number of nitro benzene ring substituents is 1. The van der Waals surface area contributed by atoms with Gasteiger partial charge in [-0.05, 0) is 47.7 Å². The van der Waals surface area contributed by atoms with Crippen LogP contribution in [-0.4, -0.2) is 40.0 Å². The molecule has 10 heteroatoms. The molecule has 0 aromatic heterocycles. The van der Waals surface area contributed by atoms with E-state index in [4.69, 9.17) is 11.6 Å². The number of rotatable bonds is 6.